The van der Waals surface area contributed by atoms with E-state index >= 15 is 0 Å². The Morgan fingerprint density at radius 3 is 2.29 bits per heavy atom. The van der Waals surface area contributed by atoms with Crippen molar-refractivity contribution in [2.24, 2.45) is 0 Å². The first kappa shape index (κ1) is 21.1. The molecule has 1 N–H and O–H groups in total. The monoisotopic (exact) mass is 474 g/mol. The van der Waals surface area contributed by atoms with E-state index in [1.54, 1.807) is 7.11 Å². The van der Waals surface area contributed by atoms with Crippen LogP contribution in [0.1, 0.15) is 27.0 Å². The molecule has 0 fully saturated rings. The van der Waals surface area contributed by atoms with Gasteiger partial charge in [-0.2, -0.15) is 0 Å². The van der Waals surface area contributed by atoms with E-state index in [1.807, 2.05) is 75.4 Å². The lowest BCUT2D eigenvalue weighted by molar-refractivity contribution is 0.102. The number of anilines is 1. The number of carbonyl (C=O) groups excluding carboxylic acids is 1. The summed E-state index contributed by atoms with van der Waals surface area (Å²) < 4.78 is 6.25. The Hall–Kier alpha value is -3.18. The van der Waals surface area contributed by atoms with E-state index in [9.17, 15) is 4.79 Å². The molecule has 0 radical (unpaired) electrons. The van der Waals surface area contributed by atoms with Crippen LogP contribution in [0.5, 0.6) is 5.75 Å². The van der Waals surface area contributed by atoms with Crippen molar-refractivity contribution < 1.29 is 9.53 Å². The molecule has 0 bridgehead atoms. The molecule has 0 aliphatic carbocycles. The Kier molecular flexibility index (Phi) is 5.79. The first-order chi connectivity index (χ1) is 14.9. The summed E-state index contributed by atoms with van der Waals surface area (Å²) in [6.07, 6.45) is 0. The van der Waals surface area contributed by atoms with Gasteiger partial charge in [-0.25, -0.2) is 4.98 Å². The fraction of sp³-hybridized carbons (Fsp3) is 0.154. The van der Waals surface area contributed by atoms with Crippen LogP contribution in [-0.4, -0.2) is 18.0 Å². The zero-order chi connectivity index (χ0) is 22.1. The highest BCUT2D eigenvalue weighted by atomic mass is 79.9. The van der Waals surface area contributed by atoms with Gasteiger partial charge in [0, 0.05) is 21.1 Å². The Morgan fingerprint density at radius 2 is 1.65 bits per heavy atom. The summed E-state index contributed by atoms with van der Waals surface area (Å²) in [4.78, 5) is 18.4. The molecule has 0 aliphatic rings. The topological polar surface area (TPSA) is 51.2 Å². The summed E-state index contributed by atoms with van der Waals surface area (Å²) in [6, 6.07) is 19.5. The summed E-state index contributed by atoms with van der Waals surface area (Å²) in [6.45, 7) is 6.03. The van der Waals surface area contributed by atoms with Crippen LogP contribution in [0.2, 0.25) is 0 Å². The number of benzene rings is 3. The van der Waals surface area contributed by atoms with E-state index < -0.39 is 0 Å². The van der Waals surface area contributed by atoms with Crippen molar-refractivity contribution in [1.82, 2.24) is 4.98 Å². The lowest BCUT2D eigenvalue weighted by atomic mass is 9.94. The predicted molar refractivity (Wildman–Crippen MR) is 130 cm³/mol. The number of pyridine rings is 1. The second-order valence-electron chi connectivity index (χ2n) is 7.63. The van der Waals surface area contributed by atoms with E-state index in [1.165, 1.54) is 0 Å². The average molecular weight is 475 g/mol. The lowest BCUT2D eigenvalue weighted by Crippen LogP contribution is -2.15. The first-order valence-corrected chi connectivity index (χ1v) is 10.8. The fourth-order valence-electron chi connectivity index (χ4n) is 3.86. The van der Waals surface area contributed by atoms with Gasteiger partial charge in [-0.1, -0.05) is 27.6 Å². The van der Waals surface area contributed by atoms with Gasteiger partial charge in [-0.05, 0) is 86.5 Å². The molecule has 156 valence electrons. The number of methoxy groups -OCH3 is 1. The second-order valence-corrected chi connectivity index (χ2v) is 8.54. The van der Waals surface area contributed by atoms with Gasteiger partial charge in [0.2, 0.25) is 0 Å². The molecule has 0 aliphatic heterocycles. The molecule has 5 heteroatoms. The van der Waals surface area contributed by atoms with Gasteiger partial charge < -0.3 is 10.1 Å². The number of halogens is 1. The van der Waals surface area contributed by atoms with Crippen molar-refractivity contribution in [3.05, 3.63) is 87.4 Å². The van der Waals surface area contributed by atoms with Crippen LogP contribution in [0.15, 0.2) is 65.1 Å². The Balaban J connectivity index is 1.91. The molecule has 31 heavy (non-hydrogen) atoms. The van der Waals surface area contributed by atoms with E-state index in [0.717, 1.165) is 54.8 Å². The zero-order valence-electron chi connectivity index (χ0n) is 17.9. The highest BCUT2D eigenvalue weighted by Crippen LogP contribution is 2.33. The molecule has 1 heterocycles. The number of fused-ring (bicyclic) bond motifs is 1. The number of aromatic nitrogens is 1. The third-order valence-electron chi connectivity index (χ3n) is 5.36. The largest absolute Gasteiger partial charge is 0.497 e. The van der Waals surface area contributed by atoms with Gasteiger partial charge in [0.25, 0.3) is 5.91 Å². The molecule has 0 saturated heterocycles. The molecule has 0 atom stereocenters. The number of hydrogen-bond donors (Lipinski definition) is 1. The summed E-state index contributed by atoms with van der Waals surface area (Å²) in [5.41, 5.74) is 6.95. The van der Waals surface area contributed by atoms with Crippen LogP contribution in [0, 0.1) is 20.8 Å². The molecule has 3 aromatic carbocycles. The maximum Gasteiger partial charge on any atom is 0.256 e. The maximum absolute atomic E-state index is 13.5. The third kappa shape index (κ3) is 4.19. The van der Waals surface area contributed by atoms with E-state index in [2.05, 4.69) is 27.3 Å². The number of ether oxygens (including phenoxy) is 1. The van der Waals surface area contributed by atoms with Crippen LogP contribution < -0.4 is 10.1 Å². The summed E-state index contributed by atoms with van der Waals surface area (Å²) in [5, 5.41) is 3.91. The van der Waals surface area contributed by atoms with Gasteiger partial charge in [0.05, 0.1) is 23.9 Å². The Bertz CT molecular complexity index is 1280. The number of rotatable bonds is 4. The van der Waals surface area contributed by atoms with Crippen molar-refractivity contribution in [3.63, 3.8) is 0 Å². The van der Waals surface area contributed by atoms with Crippen molar-refractivity contribution in [2.75, 3.05) is 12.4 Å². The molecule has 0 spiro atoms. The van der Waals surface area contributed by atoms with Gasteiger partial charge in [0.15, 0.2) is 0 Å². The number of aryl methyl sites for hydroxylation is 2. The highest BCUT2D eigenvalue weighted by Gasteiger charge is 2.20. The number of carbonyl (C=O) groups is 1. The Morgan fingerprint density at radius 1 is 0.968 bits per heavy atom. The average Bonchev–Trinajstić information content (AvgIpc) is 2.75. The van der Waals surface area contributed by atoms with E-state index in [0.29, 0.717) is 5.56 Å². The number of nitrogens with zero attached hydrogens (tertiary/aromatic N) is 1. The predicted octanol–water partition coefficient (Wildman–Crippen LogP) is 6.85. The minimum absolute atomic E-state index is 0.146. The fourth-order valence-corrected chi connectivity index (χ4v) is 4.13. The van der Waals surface area contributed by atoms with Crippen LogP contribution in [0.3, 0.4) is 0 Å². The van der Waals surface area contributed by atoms with E-state index in [-0.39, 0.29) is 5.91 Å². The molecule has 1 amide bonds. The molecule has 1 aromatic heterocycles. The smallest absolute Gasteiger partial charge is 0.256 e. The molecular formula is C26H23BrN2O2. The maximum atomic E-state index is 13.5. The minimum atomic E-state index is -0.146. The molecule has 4 aromatic rings. The third-order valence-corrected chi connectivity index (χ3v) is 5.89. The Labute approximate surface area is 190 Å². The quantitative estimate of drug-likeness (QED) is 0.351. The highest BCUT2D eigenvalue weighted by molar-refractivity contribution is 9.10. The van der Waals surface area contributed by atoms with Gasteiger partial charge in [0.1, 0.15) is 5.75 Å². The molecule has 0 saturated carbocycles. The van der Waals surface area contributed by atoms with Gasteiger partial charge >= 0.3 is 0 Å². The van der Waals surface area contributed by atoms with Crippen LogP contribution in [0.25, 0.3) is 22.2 Å². The standard InChI is InChI=1S/C26H23BrN2O2/c1-15-13-16(2)24-22(14-15)23(26(30)28-20-9-7-19(27)8-10-20)17(3)25(29-24)18-5-11-21(31-4)12-6-18/h5-14H,1-4H3,(H,28,30). The van der Waals surface area contributed by atoms with Gasteiger partial charge in [-0.3, -0.25) is 4.79 Å². The van der Waals surface area contributed by atoms with Crippen LogP contribution in [-0.2, 0) is 0 Å². The first-order valence-electron chi connectivity index (χ1n) is 10.0. The van der Waals surface area contributed by atoms with Crippen LogP contribution in [0.4, 0.5) is 5.69 Å². The van der Waals surface area contributed by atoms with E-state index in [4.69, 9.17) is 9.72 Å². The summed E-state index contributed by atoms with van der Waals surface area (Å²) in [5.74, 6) is 0.634. The van der Waals surface area contributed by atoms with Crippen molar-refractivity contribution in [1.29, 1.82) is 0 Å². The normalized spacial score (nSPS) is 10.9. The zero-order valence-corrected chi connectivity index (χ0v) is 19.5. The SMILES string of the molecule is COc1ccc(-c2nc3c(C)cc(C)cc3c(C(=O)Nc3ccc(Br)cc3)c2C)cc1. The molecule has 4 nitrogen and oxygen atoms in total. The van der Waals surface area contributed by atoms with Crippen molar-refractivity contribution in [3.8, 4) is 17.0 Å². The summed E-state index contributed by atoms with van der Waals surface area (Å²) >= 11 is 3.43. The summed E-state index contributed by atoms with van der Waals surface area (Å²) in [7, 11) is 1.64. The van der Waals surface area contributed by atoms with Crippen LogP contribution >= 0.6 is 15.9 Å². The van der Waals surface area contributed by atoms with Gasteiger partial charge in [-0.15, -0.1) is 0 Å². The second kappa shape index (κ2) is 8.52. The molecule has 4 rings (SSSR count). The molecule has 0 unspecified atom stereocenters. The van der Waals surface area contributed by atoms with Crippen molar-refractivity contribution in [2.45, 2.75) is 20.8 Å². The minimum Gasteiger partial charge on any atom is -0.497 e. The number of nitrogens with one attached hydrogen (secondary N) is 1. The van der Waals surface area contributed by atoms with Crippen molar-refractivity contribution >= 4 is 38.4 Å². The number of amides is 1. The molecular weight excluding hydrogens is 452 g/mol. The number of hydrogen-bond acceptors (Lipinski definition) is 3. The lowest BCUT2D eigenvalue weighted by Gasteiger charge is -2.17.